The Hall–Kier alpha value is -0.560. The molecule has 0 amide bonds. The third-order valence-electron chi connectivity index (χ3n) is 1.20. The summed E-state index contributed by atoms with van der Waals surface area (Å²) in [5.74, 6) is 0. The quantitative estimate of drug-likeness (QED) is 0.469. The summed E-state index contributed by atoms with van der Waals surface area (Å²) >= 11 is 0. The molecule has 0 spiro atoms. The average molecular weight is 182 g/mol. The van der Waals surface area contributed by atoms with E-state index in [1.807, 2.05) is 36.4 Å². The maximum Gasteiger partial charge on any atom is 1.00 e. The van der Waals surface area contributed by atoms with Crippen molar-refractivity contribution in [2.24, 2.45) is 0 Å². The molecule has 0 saturated heterocycles. The Labute approximate surface area is 104 Å². The van der Waals surface area contributed by atoms with Gasteiger partial charge in [0.25, 0.3) is 0 Å². The minimum atomic E-state index is 0. The van der Waals surface area contributed by atoms with Gasteiger partial charge in [-0.15, -0.1) is 0 Å². The monoisotopic (exact) mass is 182 g/mol. The molecule has 0 bridgehead atoms. The second-order valence-corrected chi connectivity index (χ2v) is 2.09. The second-order valence-electron chi connectivity index (χ2n) is 2.09. The molecule has 1 aromatic carbocycles. The van der Waals surface area contributed by atoms with Crippen LogP contribution in [0.4, 0.5) is 0 Å². The molecule has 1 heteroatoms. The number of benzene rings is 1. The third kappa shape index (κ3) is 9.35. The van der Waals surface area contributed by atoms with Gasteiger partial charge in [-0.25, -0.2) is 0 Å². The van der Waals surface area contributed by atoms with E-state index in [0.717, 1.165) is 0 Å². The van der Waals surface area contributed by atoms with Crippen LogP contribution in [0.25, 0.3) is 6.08 Å². The summed E-state index contributed by atoms with van der Waals surface area (Å²) < 4.78 is 0. The summed E-state index contributed by atoms with van der Waals surface area (Å²) in [5, 5.41) is 0. The first-order valence-corrected chi connectivity index (χ1v) is 3.76. The Morgan fingerprint density at radius 3 is 1.62 bits per heavy atom. The molecule has 64 valence electrons. The first-order chi connectivity index (χ1) is 5.85. The van der Waals surface area contributed by atoms with Crippen molar-refractivity contribution in [1.82, 2.24) is 0 Å². The van der Waals surface area contributed by atoms with E-state index in [0.29, 0.717) is 0 Å². The largest absolute Gasteiger partial charge is 1.00 e. The van der Waals surface area contributed by atoms with Crippen molar-refractivity contribution in [2.45, 2.75) is 0 Å². The summed E-state index contributed by atoms with van der Waals surface area (Å²) in [5.41, 5.74) is 1.17. The first-order valence-electron chi connectivity index (χ1n) is 3.76. The van der Waals surface area contributed by atoms with Gasteiger partial charge in [-0.2, -0.15) is 0 Å². The van der Waals surface area contributed by atoms with Crippen molar-refractivity contribution in [1.29, 1.82) is 0 Å². The van der Waals surface area contributed by atoms with Crippen LogP contribution < -0.4 is 29.6 Å². The van der Waals surface area contributed by atoms with Crippen LogP contribution in [-0.4, -0.2) is 0 Å². The number of rotatable bonds is 2. The number of hydrogen-bond acceptors (Lipinski definition) is 0. The van der Waals surface area contributed by atoms with E-state index in [1.165, 1.54) is 5.56 Å². The molecule has 0 nitrogen and oxygen atoms in total. The zero-order chi connectivity index (χ0) is 9.23. The number of allylic oxidation sites excluding steroid dienone is 2. The topological polar surface area (TPSA) is 0 Å². The van der Waals surface area contributed by atoms with Crippen molar-refractivity contribution in [3.8, 4) is 0 Å². The summed E-state index contributed by atoms with van der Waals surface area (Å²) in [7, 11) is 0. The van der Waals surface area contributed by atoms with Crippen molar-refractivity contribution in [3.05, 3.63) is 67.8 Å². The normalized spacial score (nSPS) is 6.77. The maximum atomic E-state index is 3.63. The molecule has 0 unspecified atom stereocenters. The molecule has 13 heavy (non-hydrogen) atoms. The minimum absolute atomic E-state index is 0. The Morgan fingerprint density at radius 2 is 1.38 bits per heavy atom. The van der Waals surface area contributed by atoms with Gasteiger partial charge < -0.3 is 1.43 Å². The van der Waals surface area contributed by atoms with Gasteiger partial charge >= 0.3 is 29.6 Å². The van der Waals surface area contributed by atoms with Crippen LogP contribution in [0.1, 0.15) is 6.99 Å². The van der Waals surface area contributed by atoms with Gasteiger partial charge in [0.05, 0.1) is 0 Å². The molecule has 0 heterocycles. The van der Waals surface area contributed by atoms with Gasteiger partial charge in [0.1, 0.15) is 0 Å². The Kier molecular flexibility index (Phi) is 13.1. The fraction of sp³-hybridized carbons (Fsp3) is 0. The van der Waals surface area contributed by atoms with Gasteiger partial charge in [0.2, 0.25) is 0 Å². The van der Waals surface area contributed by atoms with E-state index in [9.17, 15) is 0 Å². The fourth-order valence-corrected chi connectivity index (χ4v) is 0.589. The fourth-order valence-electron chi connectivity index (χ4n) is 0.589. The third-order valence-corrected chi connectivity index (χ3v) is 1.20. The SMILES string of the molecule is C=CC=C.C=Cc1ccccc1.[H-].[Na+]. The van der Waals surface area contributed by atoms with E-state index < -0.39 is 0 Å². The summed E-state index contributed by atoms with van der Waals surface area (Å²) in [4.78, 5) is 0. The standard InChI is InChI=1S/C8H8.C4H6.Na.H/c1-2-8-6-4-3-5-7-8;1-3-4-2;;/h2-7H,1H2;3-4H,1-2H2;;/q;;+1;-1. The van der Waals surface area contributed by atoms with Crippen molar-refractivity contribution in [3.63, 3.8) is 0 Å². The van der Waals surface area contributed by atoms with Crippen molar-refractivity contribution >= 4 is 6.08 Å². The molecule has 0 aliphatic rings. The van der Waals surface area contributed by atoms with Crippen LogP contribution >= 0.6 is 0 Å². The maximum absolute atomic E-state index is 3.63. The van der Waals surface area contributed by atoms with Gasteiger partial charge in [0, 0.05) is 0 Å². The molecule has 0 saturated carbocycles. The molecule has 0 fully saturated rings. The van der Waals surface area contributed by atoms with Gasteiger partial charge in [0.15, 0.2) is 0 Å². The van der Waals surface area contributed by atoms with E-state index in [2.05, 4.69) is 19.7 Å². The predicted molar refractivity (Wildman–Crippen MR) is 58.0 cm³/mol. The molecule has 1 rings (SSSR count). The Balaban J connectivity index is -0.000000180. The summed E-state index contributed by atoms with van der Waals surface area (Å²) in [6.45, 7) is 10.4. The molecule has 0 aliphatic carbocycles. The summed E-state index contributed by atoms with van der Waals surface area (Å²) in [6.07, 6.45) is 5.11. The average Bonchev–Trinajstić information content (AvgIpc) is 2.19. The van der Waals surface area contributed by atoms with Crippen LogP contribution in [0.3, 0.4) is 0 Å². The molecular formula is C12H15Na. The molecule has 0 atom stereocenters. The Morgan fingerprint density at radius 1 is 0.923 bits per heavy atom. The van der Waals surface area contributed by atoms with Crippen LogP contribution in [0.5, 0.6) is 0 Å². The van der Waals surface area contributed by atoms with E-state index >= 15 is 0 Å². The molecule has 0 N–H and O–H groups in total. The minimum Gasteiger partial charge on any atom is -1.00 e. The predicted octanol–water partition coefficient (Wildman–Crippen LogP) is 0.804. The van der Waals surface area contributed by atoms with Crippen molar-refractivity contribution < 1.29 is 31.0 Å². The molecule has 0 radical (unpaired) electrons. The zero-order valence-corrected chi connectivity index (χ0v) is 10.2. The number of hydrogen-bond donors (Lipinski definition) is 0. The smallest absolute Gasteiger partial charge is 1.00 e. The van der Waals surface area contributed by atoms with E-state index in [1.54, 1.807) is 12.2 Å². The molecule has 0 aromatic heterocycles. The van der Waals surface area contributed by atoms with Gasteiger partial charge in [-0.1, -0.05) is 68.3 Å². The van der Waals surface area contributed by atoms with Crippen molar-refractivity contribution in [2.75, 3.05) is 0 Å². The van der Waals surface area contributed by atoms with Gasteiger partial charge in [-0.3, -0.25) is 0 Å². The van der Waals surface area contributed by atoms with Crippen LogP contribution in [0.15, 0.2) is 62.2 Å². The van der Waals surface area contributed by atoms with Gasteiger partial charge in [-0.05, 0) is 5.56 Å². The molecule has 0 aliphatic heterocycles. The first kappa shape index (κ1) is 14.9. The van der Waals surface area contributed by atoms with E-state index in [4.69, 9.17) is 0 Å². The van der Waals surface area contributed by atoms with Crippen LogP contribution in [0, 0.1) is 0 Å². The molecule has 1 aromatic rings. The second kappa shape index (κ2) is 11.4. The Bertz CT molecular complexity index is 236. The zero-order valence-electron chi connectivity index (χ0n) is 9.24. The molecular weight excluding hydrogens is 167 g/mol. The van der Waals surface area contributed by atoms with Crippen LogP contribution in [0.2, 0.25) is 0 Å². The summed E-state index contributed by atoms with van der Waals surface area (Å²) in [6, 6.07) is 10.0. The van der Waals surface area contributed by atoms with Crippen LogP contribution in [-0.2, 0) is 0 Å². The van der Waals surface area contributed by atoms with E-state index in [-0.39, 0.29) is 31.0 Å².